The highest BCUT2D eigenvalue weighted by atomic mass is 35.5. The second kappa shape index (κ2) is 7.93. The Balaban J connectivity index is 1.64. The molecule has 0 spiro atoms. The lowest BCUT2D eigenvalue weighted by Crippen LogP contribution is -2.19. The molecule has 1 aliphatic rings. The molecule has 0 saturated carbocycles. The van der Waals surface area contributed by atoms with Crippen molar-refractivity contribution in [2.45, 2.75) is 6.61 Å². The number of rotatable bonds is 3. The number of hydrogen-bond acceptors (Lipinski definition) is 5. The number of pyridine rings is 1. The molecule has 2 aromatic carbocycles. The fourth-order valence-corrected chi connectivity index (χ4v) is 4.01. The van der Waals surface area contributed by atoms with Crippen molar-refractivity contribution in [2.75, 3.05) is 0 Å². The van der Waals surface area contributed by atoms with Gasteiger partial charge in [-0.1, -0.05) is 35.3 Å². The fraction of sp³-hybridized carbons (Fsp3) is 0.0500. The summed E-state index contributed by atoms with van der Waals surface area (Å²) in [7, 11) is 0. The Bertz CT molecular complexity index is 1140. The Morgan fingerprint density at radius 3 is 2.71 bits per heavy atom. The number of thioether (sulfide) groups is 1. The zero-order chi connectivity index (χ0) is 19.7. The molecule has 1 aromatic heterocycles. The zero-order valence-electron chi connectivity index (χ0n) is 14.3. The first-order valence-electron chi connectivity index (χ1n) is 8.26. The van der Waals surface area contributed by atoms with E-state index in [4.69, 9.17) is 23.2 Å². The average Bonchev–Trinajstić information content (AvgIpc) is 3.03. The summed E-state index contributed by atoms with van der Waals surface area (Å²) in [6.07, 6.45) is 3.42. The summed E-state index contributed by atoms with van der Waals surface area (Å²) in [5.74, 6) is -0.241. The van der Waals surface area contributed by atoms with Crippen LogP contribution in [0.25, 0.3) is 17.0 Å². The number of nitrogens with one attached hydrogen (secondary N) is 1. The van der Waals surface area contributed by atoms with Crippen LogP contribution < -0.4 is 5.32 Å². The Kier molecular flexibility index (Phi) is 5.37. The van der Waals surface area contributed by atoms with Crippen LogP contribution in [0.2, 0.25) is 10.0 Å². The predicted octanol–water partition coefficient (Wildman–Crippen LogP) is 4.93. The number of carbonyl (C=O) groups is 1. The van der Waals surface area contributed by atoms with E-state index in [0.29, 0.717) is 25.8 Å². The number of hydrogen-bond donors (Lipinski definition) is 2. The average molecular weight is 430 g/mol. The second-order valence-electron chi connectivity index (χ2n) is 6.01. The molecule has 8 heteroatoms. The first-order chi connectivity index (χ1) is 13.5. The van der Waals surface area contributed by atoms with Crippen LogP contribution in [0.3, 0.4) is 0 Å². The van der Waals surface area contributed by atoms with Crippen molar-refractivity contribution in [1.29, 1.82) is 0 Å². The number of aliphatic hydroxyl groups excluding tert-OH is 1. The van der Waals surface area contributed by atoms with Crippen molar-refractivity contribution < 1.29 is 9.90 Å². The molecule has 1 aliphatic heterocycles. The van der Waals surface area contributed by atoms with Crippen molar-refractivity contribution in [3.8, 4) is 0 Å². The topological polar surface area (TPSA) is 74.6 Å². The van der Waals surface area contributed by atoms with E-state index in [-0.39, 0.29) is 12.5 Å². The van der Waals surface area contributed by atoms with Crippen LogP contribution in [0.4, 0.5) is 5.69 Å². The number of para-hydroxylation sites is 1. The van der Waals surface area contributed by atoms with Gasteiger partial charge in [-0.25, -0.2) is 4.99 Å². The third kappa shape index (κ3) is 3.91. The molecule has 0 bridgehead atoms. The van der Waals surface area contributed by atoms with E-state index in [1.165, 1.54) is 11.8 Å². The summed E-state index contributed by atoms with van der Waals surface area (Å²) >= 11 is 13.5. The summed E-state index contributed by atoms with van der Waals surface area (Å²) in [5.41, 5.74) is 2.82. The minimum absolute atomic E-state index is 0.0725. The first kappa shape index (κ1) is 19.0. The van der Waals surface area contributed by atoms with Gasteiger partial charge < -0.3 is 10.4 Å². The maximum absolute atomic E-state index is 12.3. The van der Waals surface area contributed by atoms with Gasteiger partial charge in [0.05, 0.1) is 27.1 Å². The number of fused-ring (bicyclic) bond motifs is 1. The van der Waals surface area contributed by atoms with E-state index in [2.05, 4.69) is 15.3 Å². The van der Waals surface area contributed by atoms with E-state index >= 15 is 0 Å². The SMILES string of the molecule is O=C1NC(=Nc2c(Cl)cccc2Cl)SC1=Cc1ccc2ncc(CO)cc2c1. The minimum Gasteiger partial charge on any atom is -0.392 e. The molecule has 4 rings (SSSR count). The third-order valence-corrected chi connectivity index (χ3v) is 5.56. The molecule has 0 aliphatic carbocycles. The fourth-order valence-electron chi connectivity index (χ4n) is 2.70. The van der Waals surface area contributed by atoms with Gasteiger partial charge in [-0.05, 0) is 59.3 Å². The van der Waals surface area contributed by atoms with Gasteiger partial charge >= 0.3 is 0 Å². The standard InChI is InChI=1S/C20H13Cl2N3O2S/c21-14-2-1-3-15(22)18(14)24-20-25-19(27)17(28-20)8-11-4-5-16-13(6-11)7-12(10-26)9-23-16/h1-9,26H,10H2,(H,24,25,27). The van der Waals surface area contributed by atoms with Crippen LogP contribution >= 0.6 is 35.0 Å². The summed E-state index contributed by atoms with van der Waals surface area (Å²) in [6, 6.07) is 12.7. The summed E-state index contributed by atoms with van der Waals surface area (Å²) < 4.78 is 0. The van der Waals surface area contributed by atoms with E-state index < -0.39 is 0 Å². The van der Waals surface area contributed by atoms with Crippen molar-refractivity contribution in [1.82, 2.24) is 10.3 Å². The number of benzene rings is 2. The van der Waals surface area contributed by atoms with Gasteiger partial charge in [0.15, 0.2) is 5.17 Å². The van der Waals surface area contributed by atoms with Crippen molar-refractivity contribution >= 4 is 68.7 Å². The number of aliphatic hydroxyl groups is 1. The molecule has 5 nitrogen and oxygen atoms in total. The van der Waals surface area contributed by atoms with Gasteiger partial charge in [0.1, 0.15) is 5.69 Å². The van der Waals surface area contributed by atoms with Crippen LogP contribution in [-0.4, -0.2) is 21.2 Å². The predicted molar refractivity (Wildman–Crippen MR) is 115 cm³/mol. The molecule has 28 heavy (non-hydrogen) atoms. The van der Waals surface area contributed by atoms with Crippen molar-refractivity contribution in [3.63, 3.8) is 0 Å². The van der Waals surface area contributed by atoms with Crippen LogP contribution in [0, 0.1) is 0 Å². The van der Waals surface area contributed by atoms with Gasteiger partial charge in [0, 0.05) is 11.6 Å². The zero-order valence-corrected chi connectivity index (χ0v) is 16.6. The summed E-state index contributed by atoms with van der Waals surface area (Å²) in [4.78, 5) is 21.5. The van der Waals surface area contributed by atoms with Crippen LogP contribution in [0.15, 0.2) is 58.6 Å². The van der Waals surface area contributed by atoms with Gasteiger partial charge in [0.2, 0.25) is 0 Å². The summed E-state index contributed by atoms with van der Waals surface area (Å²) in [5, 5.41) is 14.1. The second-order valence-corrected chi connectivity index (χ2v) is 7.85. The van der Waals surface area contributed by atoms with Gasteiger partial charge in [-0.2, -0.15) is 0 Å². The van der Waals surface area contributed by atoms with Crippen molar-refractivity contribution in [2.24, 2.45) is 4.99 Å². The first-order valence-corrected chi connectivity index (χ1v) is 9.84. The molecule has 2 N–H and O–H groups in total. The molecule has 1 amide bonds. The lowest BCUT2D eigenvalue weighted by molar-refractivity contribution is -0.115. The lowest BCUT2D eigenvalue weighted by atomic mass is 10.1. The Morgan fingerprint density at radius 2 is 1.96 bits per heavy atom. The minimum atomic E-state index is -0.241. The van der Waals surface area contributed by atoms with Gasteiger partial charge in [0.25, 0.3) is 5.91 Å². The molecular formula is C20H13Cl2N3O2S. The van der Waals surface area contributed by atoms with Crippen molar-refractivity contribution in [3.05, 3.63) is 74.7 Å². The number of aliphatic imine (C=N–C) groups is 1. The smallest absolute Gasteiger partial charge is 0.264 e. The molecule has 140 valence electrons. The highest BCUT2D eigenvalue weighted by molar-refractivity contribution is 8.18. The van der Waals surface area contributed by atoms with Gasteiger partial charge in [-0.3, -0.25) is 9.78 Å². The molecule has 0 radical (unpaired) electrons. The highest BCUT2D eigenvalue weighted by Crippen LogP contribution is 2.35. The van der Waals surface area contributed by atoms with E-state index in [1.54, 1.807) is 30.5 Å². The molecular weight excluding hydrogens is 417 g/mol. The maximum Gasteiger partial charge on any atom is 0.264 e. The number of amidine groups is 1. The monoisotopic (exact) mass is 429 g/mol. The molecule has 1 fully saturated rings. The number of nitrogens with zero attached hydrogens (tertiary/aromatic N) is 2. The van der Waals surface area contributed by atoms with E-state index in [0.717, 1.165) is 22.0 Å². The molecule has 3 aromatic rings. The van der Waals surface area contributed by atoms with E-state index in [1.807, 2.05) is 24.3 Å². The number of aromatic nitrogens is 1. The van der Waals surface area contributed by atoms with Crippen LogP contribution in [0.1, 0.15) is 11.1 Å². The van der Waals surface area contributed by atoms with Crippen LogP contribution in [-0.2, 0) is 11.4 Å². The normalized spacial score (nSPS) is 16.9. The molecule has 0 atom stereocenters. The van der Waals surface area contributed by atoms with Gasteiger partial charge in [-0.15, -0.1) is 0 Å². The largest absolute Gasteiger partial charge is 0.392 e. The third-order valence-electron chi connectivity index (χ3n) is 4.04. The lowest BCUT2D eigenvalue weighted by Gasteiger charge is -2.02. The van der Waals surface area contributed by atoms with Crippen LogP contribution in [0.5, 0.6) is 0 Å². The Labute approximate surface area is 175 Å². The molecule has 1 saturated heterocycles. The Hall–Kier alpha value is -2.38. The Morgan fingerprint density at radius 1 is 1.18 bits per heavy atom. The highest BCUT2D eigenvalue weighted by Gasteiger charge is 2.24. The number of halogens is 2. The maximum atomic E-state index is 12.3. The summed E-state index contributed by atoms with van der Waals surface area (Å²) in [6.45, 7) is -0.0725. The number of carbonyl (C=O) groups excluding carboxylic acids is 1. The molecule has 2 heterocycles. The quantitative estimate of drug-likeness (QED) is 0.579. The van der Waals surface area contributed by atoms with E-state index in [9.17, 15) is 9.90 Å². The number of amides is 1. The molecule has 0 unspecified atom stereocenters.